The van der Waals surface area contributed by atoms with Crippen molar-refractivity contribution in [2.45, 2.75) is 26.4 Å². The van der Waals surface area contributed by atoms with Gasteiger partial charge in [0.05, 0.1) is 0 Å². The molecule has 0 amide bonds. The number of pyridine rings is 1. The molecule has 3 nitrogen and oxygen atoms in total. The molecule has 17 heavy (non-hydrogen) atoms. The van der Waals surface area contributed by atoms with Crippen LogP contribution in [0.4, 0.5) is 5.82 Å². The van der Waals surface area contributed by atoms with Crippen LogP contribution in [-0.4, -0.2) is 24.6 Å². The third kappa shape index (κ3) is 4.48. The van der Waals surface area contributed by atoms with E-state index < -0.39 is 0 Å². The molecule has 1 N–H and O–H groups in total. The third-order valence-corrected chi connectivity index (χ3v) is 2.81. The quantitative estimate of drug-likeness (QED) is 0.818. The smallest absolute Gasteiger partial charge is 0.133 e. The summed E-state index contributed by atoms with van der Waals surface area (Å²) in [6.07, 6.45) is 3.71. The zero-order valence-corrected chi connectivity index (χ0v) is 12.3. The molecule has 0 aliphatic carbocycles. The van der Waals surface area contributed by atoms with Gasteiger partial charge in [-0.05, 0) is 22.0 Å². The second-order valence-corrected chi connectivity index (χ2v) is 5.26. The normalized spacial score (nSPS) is 10.6. The number of halogens is 1. The Labute approximate surface area is 112 Å². The Bertz CT molecular complexity index is 377. The summed E-state index contributed by atoms with van der Waals surface area (Å²) < 4.78 is 1.01. The second-order valence-electron chi connectivity index (χ2n) is 4.34. The van der Waals surface area contributed by atoms with Gasteiger partial charge in [-0.15, -0.1) is 6.58 Å². The van der Waals surface area contributed by atoms with Gasteiger partial charge in [-0.2, -0.15) is 0 Å². The number of anilines is 1. The number of aromatic nitrogens is 1. The van der Waals surface area contributed by atoms with E-state index in [1.807, 2.05) is 19.3 Å². The maximum Gasteiger partial charge on any atom is 0.133 e. The van der Waals surface area contributed by atoms with Gasteiger partial charge < -0.3 is 10.2 Å². The number of nitrogens with zero attached hydrogens (tertiary/aromatic N) is 2. The molecule has 0 spiro atoms. The molecule has 0 radical (unpaired) electrons. The van der Waals surface area contributed by atoms with Gasteiger partial charge in [-0.1, -0.05) is 19.9 Å². The van der Waals surface area contributed by atoms with Crippen molar-refractivity contribution < 1.29 is 0 Å². The van der Waals surface area contributed by atoms with Crippen molar-refractivity contribution >= 4 is 21.7 Å². The summed E-state index contributed by atoms with van der Waals surface area (Å²) >= 11 is 3.46. The average molecular weight is 298 g/mol. The molecule has 94 valence electrons. The van der Waals surface area contributed by atoms with Gasteiger partial charge in [0.2, 0.25) is 0 Å². The fourth-order valence-corrected chi connectivity index (χ4v) is 1.92. The first-order chi connectivity index (χ1) is 8.04. The predicted octanol–water partition coefficient (Wildman–Crippen LogP) is 2.96. The van der Waals surface area contributed by atoms with E-state index in [0.717, 1.165) is 23.4 Å². The van der Waals surface area contributed by atoms with Crippen molar-refractivity contribution in [2.24, 2.45) is 0 Å². The molecule has 0 saturated heterocycles. The zero-order chi connectivity index (χ0) is 12.8. The summed E-state index contributed by atoms with van der Waals surface area (Å²) in [6, 6.07) is 2.57. The molecule has 0 bridgehead atoms. The standard InChI is InChI=1S/C13H20BrN3/c1-5-6-17(4)13-11(8-15-10(2)3)7-12(14)9-16-13/h5,7,9-10,15H,1,6,8H2,2-4H3. The van der Waals surface area contributed by atoms with Gasteiger partial charge in [0, 0.05) is 42.4 Å². The monoisotopic (exact) mass is 297 g/mol. The van der Waals surface area contributed by atoms with Gasteiger partial charge in [0.1, 0.15) is 5.82 Å². The SMILES string of the molecule is C=CCN(C)c1ncc(Br)cc1CNC(C)C. The van der Waals surface area contributed by atoms with Gasteiger partial charge in [-0.25, -0.2) is 4.98 Å². The highest BCUT2D eigenvalue weighted by Crippen LogP contribution is 2.20. The Morgan fingerprint density at radius 1 is 1.59 bits per heavy atom. The van der Waals surface area contributed by atoms with Crippen LogP contribution in [0.5, 0.6) is 0 Å². The Balaban J connectivity index is 2.90. The molecule has 1 aromatic rings. The fourth-order valence-electron chi connectivity index (χ4n) is 1.54. The van der Waals surface area contributed by atoms with Gasteiger partial charge >= 0.3 is 0 Å². The molecule has 1 aromatic heterocycles. The molecule has 1 heterocycles. The molecule has 0 saturated carbocycles. The summed E-state index contributed by atoms with van der Waals surface area (Å²) in [5.41, 5.74) is 1.19. The molecular weight excluding hydrogens is 278 g/mol. The maximum atomic E-state index is 4.47. The highest BCUT2D eigenvalue weighted by Gasteiger charge is 2.09. The van der Waals surface area contributed by atoms with Crippen LogP contribution in [-0.2, 0) is 6.54 Å². The minimum Gasteiger partial charge on any atom is -0.356 e. The molecule has 0 aliphatic heterocycles. The van der Waals surface area contributed by atoms with Crippen LogP contribution < -0.4 is 10.2 Å². The summed E-state index contributed by atoms with van der Waals surface area (Å²) in [4.78, 5) is 6.56. The highest BCUT2D eigenvalue weighted by molar-refractivity contribution is 9.10. The van der Waals surface area contributed by atoms with Crippen LogP contribution in [0.15, 0.2) is 29.4 Å². The van der Waals surface area contributed by atoms with Crippen molar-refractivity contribution in [3.05, 3.63) is 35.0 Å². The number of rotatable bonds is 6. The highest BCUT2D eigenvalue weighted by atomic mass is 79.9. The number of hydrogen-bond acceptors (Lipinski definition) is 3. The van der Waals surface area contributed by atoms with E-state index in [9.17, 15) is 0 Å². The minimum absolute atomic E-state index is 0.464. The average Bonchev–Trinajstić information content (AvgIpc) is 2.26. The lowest BCUT2D eigenvalue weighted by atomic mass is 10.2. The molecule has 1 rings (SSSR count). The van der Waals surface area contributed by atoms with E-state index in [4.69, 9.17) is 0 Å². The molecule has 0 aromatic carbocycles. The fraction of sp³-hybridized carbons (Fsp3) is 0.462. The van der Waals surface area contributed by atoms with Gasteiger partial charge in [0.25, 0.3) is 0 Å². The largest absolute Gasteiger partial charge is 0.356 e. The second kappa shape index (κ2) is 6.77. The molecule has 0 aliphatic rings. The predicted molar refractivity (Wildman–Crippen MR) is 77.4 cm³/mol. The minimum atomic E-state index is 0.464. The lowest BCUT2D eigenvalue weighted by molar-refractivity contribution is 0.587. The summed E-state index contributed by atoms with van der Waals surface area (Å²) in [7, 11) is 2.02. The van der Waals surface area contributed by atoms with Crippen LogP contribution >= 0.6 is 15.9 Å². The zero-order valence-electron chi connectivity index (χ0n) is 10.7. The van der Waals surface area contributed by atoms with Gasteiger partial charge in [0.15, 0.2) is 0 Å². The van der Waals surface area contributed by atoms with Gasteiger partial charge in [-0.3, -0.25) is 0 Å². The van der Waals surface area contributed by atoms with E-state index >= 15 is 0 Å². The number of hydrogen-bond donors (Lipinski definition) is 1. The van der Waals surface area contributed by atoms with E-state index in [1.54, 1.807) is 0 Å². The summed E-state index contributed by atoms with van der Waals surface area (Å²) in [5, 5.41) is 3.41. The van der Waals surface area contributed by atoms with E-state index in [0.29, 0.717) is 6.04 Å². The first-order valence-corrected chi connectivity index (χ1v) is 6.53. The van der Waals surface area contributed by atoms with Crippen LogP contribution in [0.2, 0.25) is 0 Å². The lowest BCUT2D eigenvalue weighted by Gasteiger charge is -2.20. The molecule has 0 atom stereocenters. The van der Waals surface area contributed by atoms with Crippen molar-refractivity contribution in [3.63, 3.8) is 0 Å². The van der Waals surface area contributed by atoms with Crippen LogP contribution in [0.3, 0.4) is 0 Å². The Kier molecular flexibility index (Phi) is 5.65. The van der Waals surface area contributed by atoms with Crippen molar-refractivity contribution in [1.29, 1.82) is 0 Å². The van der Waals surface area contributed by atoms with E-state index in [2.05, 4.69) is 57.6 Å². The molecule has 0 unspecified atom stereocenters. The van der Waals surface area contributed by atoms with Crippen LogP contribution in [0.1, 0.15) is 19.4 Å². The topological polar surface area (TPSA) is 28.2 Å². The number of likely N-dealkylation sites (N-methyl/N-ethyl adjacent to an activating group) is 1. The summed E-state index contributed by atoms with van der Waals surface area (Å²) in [5.74, 6) is 1.00. The van der Waals surface area contributed by atoms with Crippen molar-refractivity contribution in [2.75, 3.05) is 18.5 Å². The Hall–Kier alpha value is -0.870. The lowest BCUT2D eigenvalue weighted by Crippen LogP contribution is -2.25. The number of nitrogens with one attached hydrogen (secondary N) is 1. The Morgan fingerprint density at radius 3 is 2.88 bits per heavy atom. The van der Waals surface area contributed by atoms with Crippen molar-refractivity contribution in [3.8, 4) is 0 Å². The van der Waals surface area contributed by atoms with E-state index in [1.165, 1.54) is 5.56 Å². The summed E-state index contributed by atoms with van der Waals surface area (Å²) in [6.45, 7) is 9.64. The molecule has 4 heteroatoms. The van der Waals surface area contributed by atoms with E-state index in [-0.39, 0.29) is 0 Å². The maximum absolute atomic E-state index is 4.47. The third-order valence-electron chi connectivity index (χ3n) is 2.37. The first kappa shape index (κ1) is 14.2. The molecular formula is C13H20BrN3. The first-order valence-electron chi connectivity index (χ1n) is 5.74. The van der Waals surface area contributed by atoms with Crippen LogP contribution in [0, 0.1) is 0 Å². The Morgan fingerprint density at radius 2 is 2.29 bits per heavy atom. The van der Waals surface area contributed by atoms with Crippen LogP contribution in [0.25, 0.3) is 0 Å². The molecule has 0 fully saturated rings. The van der Waals surface area contributed by atoms with Crippen molar-refractivity contribution in [1.82, 2.24) is 10.3 Å².